The van der Waals surface area contributed by atoms with Gasteiger partial charge in [0.05, 0.1) is 10.7 Å². The minimum atomic E-state index is -0.739. The van der Waals surface area contributed by atoms with E-state index in [9.17, 15) is 14.3 Å². The highest BCUT2D eigenvalue weighted by molar-refractivity contribution is 6.32. The van der Waals surface area contributed by atoms with Crippen molar-refractivity contribution >= 4 is 34.8 Å². The summed E-state index contributed by atoms with van der Waals surface area (Å²) < 4.78 is 13.6. The summed E-state index contributed by atoms with van der Waals surface area (Å²) in [5.41, 5.74) is 0.901. The molecule has 0 aliphatic carbocycles. The minimum absolute atomic E-state index is 0.0237. The number of carbonyl (C=O) groups is 1. The number of phenolic OH excluding ortho intramolecular Hbond substituents is 1. The van der Waals surface area contributed by atoms with Crippen LogP contribution in [-0.2, 0) is 11.2 Å². The van der Waals surface area contributed by atoms with Gasteiger partial charge in [0, 0.05) is 17.5 Å². The highest BCUT2D eigenvalue weighted by Gasteiger charge is 2.11. The van der Waals surface area contributed by atoms with Crippen LogP contribution in [0.25, 0.3) is 0 Å². The first-order chi connectivity index (χ1) is 9.95. The van der Waals surface area contributed by atoms with Crippen LogP contribution in [-0.4, -0.2) is 11.0 Å². The standard InChI is InChI=1S/C15H12Cl2FNO2/c16-10-4-1-9(2-5-10)3-6-15(21)19-13-7-11(17)14(20)8-12(13)18/h1-2,4-5,7-8,20H,3,6H2,(H,19,21). The van der Waals surface area contributed by atoms with Crippen LogP contribution in [0.2, 0.25) is 10.0 Å². The Bertz CT molecular complexity index is 659. The van der Waals surface area contributed by atoms with Crippen molar-refractivity contribution in [3.05, 3.63) is 57.8 Å². The van der Waals surface area contributed by atoms with E-state index in [1.165, 1.54) is 6.07 Å². The molecule has 0 radical (unpaired) electrons. The summed E-state index contributed by atoms with van der Waals surface area (Å²) >= 11 is 11.4. The topological polar surface area (TPSA) is 49.3 Å². The van der Waals surface area contributed by atoms with E-state index >= 15 is 0 Å². The average Bonchev–Trinajstić information content (AvgIpc) is 2.44. The summed E-state index contributed by atoms with van der Waals surface area (Å²) in [7, 11) is 0. The van der Waals surface area contributed by atoms with Crippen molar-refractivity contribution in [2.75, 3.05) is 5.32 Å². The number of benzene rings is 2. The molecule has 3 nitrogen and oxygen atoms in total. The van der Waals surface area contributed by atoms with E-state index in [4.69, 9.17) is 23.2 Å². The Hall–Kier alpha value is -1.78. The number of phenols is 1. The van der Waals surface area contributed by atoms with Gasteiger partial charge in [-0.05, 0) is 30.2 Å². The Morgan fingerprint density at radius 1 is 1.19 bits per heavy atom. The van der Waals surface area contributed by atoms with E-state index in [-0.39, 0.29) is 28.8 Å². The molecule has 0 spiro atoms. The van der Waals surface area contributed by atoms with Crippen LogP contribution in [0.1, 0.15) is 12.0 Å². The summed E-state index contributed by atoms with van der Waals surface area (Å²) in [5, 5.41) is 12.3. The average molecular weight is 328 g/mol. The van der Waals surface area contributed by atoms with Crippen LogP contribution in [0.4, 0.5) is 10.1 Å². The van der Waals surface area contributed by atoms with Crippen LogP contribution in [0.3, 0.4) is 0 Å². The SMILES string of the molecule is O=C(CCc1ccc(Cl)cc1)Nc1cc(Cl)c(O)cc1F. The lowest BCUT2D eigenvalue weighted by molar-refractivity contribution is -0.116. The molecule has 0 saturated carbocycles. The first kappa shape index (κ1) is 15.6. The van der Waals surface area contributed by atoms with Crippen molar-refractivity contribution in [3.8, 4) is 5.75 Å². The summed E-state index contributed by atoms with van der Waals surface area (Å²) in [6, 6.07) is 9.17. The lowest BCUT2D eigenvalue weighted by Gasteiger charge is -2.08. The van der Waals surface area contributed by atoms with Crippen molar-refractivity contribution in [2.45, 2.75) is 12.8 Å². The number of nitrogens with one attached hydrogen (secondary N) is 1. The second-order valence-corrected chi connectivity index (χ2v) is 5.30. The molecule has 110 valence electrons. The van der Waals surface area contributed by atoms with Crippen LogP contribution < -0.4 is 5.32 Å². The number of hydrogen-bond acceptors (Lipinski definition) is 2. The zero-order chi connectivity index (χ0) is 15.4. The number of halogens is 3. The molecule has 0 aromatic heterocycles. The second-order valence-electron chi connectivity index (χ2n) is 4.46. The van der Waals surface area contributed by atoms with E-state index in [1.54, 1.807) is 12.1 Å². The van der Waals surface area contributed by atoms with Gasteiger partial charge in [0.1, 0.15) is 11.6 Å². The molecule has 0 bridgehead atoms. The van der Waals surface area contributed by atoms with Gasteiger partial charge < -0.3 is 10.4 Å². The third-order valence-electron chi connectivity index (χ3n) is 2.86. The Kier molecular flexibility index (Phi) is 5.04. The third-order valence-corrected chi connectivity index (χ3v) is 3.42. The quantitative estimate of drug-likeness (QED) is 0.817. The maximum Gasteiger partial charge on any atom is 0.224 e. The van der Waals surface area contributed by atoms with Gasteiger partial charge >= 0.3 is 0 Å². The van der Waals surface area contributed by atoms with Crippen molar-refractivity contribution in [1.29, 1.82) is 0 Å². The molecular formula is C15H12Cl2FNO2. The Morgan fingerprint density at radius 3 is 2.52 bits per heavy atom. The Balaban J connectivity index is 1.96. The molecule has 2 N–H and O–H groups in total. The summed E-state index contributed by atoms with van der Waals surface area (Å²) in [6.07, 6.45) is 0.704. The molecule has 2 aromatic carbocycles. The zero-order valence-electron chi connectivity index (χ0n) is 10.9. The second kappa shape index (κ2) is 6.78. The van der Waals surface area contributed by atoms with Gasteiger partial charge in [0.15, 0.2) is 0 Å². The highest BCUT2D eigenvalue weighted by Crippen LogP contribution is 2.29. The van der Waals surface area contributed by atoms with Crippen molar-refractivity contribution in [3.63, 3.8) is 0 Å². The molecule has 0 aliphatic heterocycles. The van der Waals surface area contributed by atoms with E-state index in [0.29, 0.717) is 11.4 Å². The zero-order valence-corrected chi connectivity index (χ0v) is 12.4. The maximum absolute atomic E-state index is 13.6. The van der Waals surface area contributed by atoms with Gasteiger partial charge in [0.2, 0.25) is 5.91 Å². The van der Waals surface area contributed by atoms with Crippen LogP contribution in [0.15, 0.2) is 36.4 Å². The van der Waals surface area contributed by atoms with Crippen molar-refractivity contribution in [2.24, 2.45) is 0 Å². The number of rotatable bonds is 4. The molecule has 6 heteroatoms. The van der Waals surface area contributed by atoms with Crippen molar-refractivity contribution < 1.29 is 14.3 Å². The van der Waals surface area contributed by atoms with Crippen molar-refractivity contribution in [1.82, 2.24) is 0 Å². The minimum Gasteiger partial charge on any atom is -0.506 e. The number of aryl methyl sites for hydroxylation is 1. The molecule has 0 atom stereocenters. The molecule has 2 aromatic rings. The summed E-state index contributed by atoms with van der Waals surface area (Å²) in [6.45, 7) is 0. The summed E-state index contributed by atoms with van der Waals surface area (Å²) in [4.78, 5) is 11.8. The molecule has 2 rings (SSSR count). The van der Waals surface area contributed by atoms with Gasteiger partial charge in [-0.15, -0.1) is 0 Å². The predicted molar refractivity (Wildman–Crippen MR) is 81.5 cm³/mol. The van der Waals surface area contributed by atoms with Gasteiger partial charge in [0.25, 0.3) is 0 Å². The number of aromatic hydroxyl groups is 1. The fourth-order valence-corrected chi connectivity index (χ4v) is 2.04. The number of anilines is 1. The van der Waals surface area contributed by atoms with Gasteiger partial charge in [-0.2, -0.15) is 0 Å². The van der Waals surface area contributed by atoms with E-state index in [2.05, 4.69) is 5.32 Å². The first-order valence-corrected chi connectivity index (χ1v) is 6.93. The summed E-state index contributed by atoms with van der Waals surface area (Å²) in [5.74, 6) is -1.45. The van der Waals surface area contributed by atoms with Gasteiger partial charge in [-0.25, -0.2) is 4.39 Å². The van der Waals surface area contributed by atoms with E-state index < -0.39 is 5.82 Å². The fourth-order valence-electron chi connectivity index (χ4n) is 1.75. The van der Waals surface area contributed by atoms with E-state index in [0.717, 1.165) is 11.6 Å². The predicted octanol–water partition coefficient (Wildman–Crippen LogP) is 4.41. The van der Waals surface area contributed by atoms with Crippen LogP contribution in [0, 0.1) is 5.82 Å². The molecular weight excluding hydrogens is 316 g/mol. The molecule has 0 heterocycles. The molecule has 0 unspecified atom stereocenters. The van der Waals surface area contributed by atoms with Crippen LogP contribution in [0.5, 0.6) is 5.75 Å². The fraction of sp³-hybridized carbons (Fsp3) is 0.133. The molecule has 21 heavy (non-hydrogen) atoms. The smallest absolute Gasteiger partial charge is 0.224 e. The number of carbonyl (C=O) groups excluding carboxylic acids is 1. The van der Waals surface area contributed by atoms with Crippen LogP contribution >= 0.6 is 23.2 Å². The lowest BCUT2D eigenvalue weighted by atomic mass is 10.1. The molecule has 0 fully saturated rings. The van der Waals surface area contributed by atoms with Gasteiger partial charge in [-0.1, -0.05) is 35.3 Å². The first-order valence-electron chi connectivity index (χ1n) is 6.18. The Morgan fingerprint density at radius 2 is 1.86 bits per heavy atom. The third kappa shape index (κ3) is 4.34. The number of amides is 1. The van der Waals surface area contributed by atoms with Gasteiger partial charge in [-0.3, -0.25) is 4.79 Å². The molecule has 0 saturated heterocycles. The highest BCUT2D eigenvalue weighted by atomic mass is 35.5. The Labute approximate surface area is 131 Å². The molecule has 1 amide bonds. The normalized spacial score (nSPS) is 10.4. The number of hydrogen-bond donors (Lipinski definition) is 2. The maximum atomic E-state index is 13.6. The van der Waals surface area contributed by atoms with E-state index in [1.807, 2.05) is 12.1 Å². The largest absolute Gasteiger partial charge is 0.506 e. The monoisotopic (exact) mass is 327 g/mol. The molecule has 0 aliphatic rings. The lowest BCUT2D eigenvalue weighted by Crippen LogP contribution is -2.13.